The summed E-state index contributed by atoms with van der Waals surface area (Å²) in [7, 11) is 1.77. The van der Waals surface area contributed by atoms with Gasteiger partial charge in [-0.1, -0.05) is 23.7 Å². The Morgan fingerprint density at radius 2 is 2.20 bits per heavy atom. The summed E-state index contributed by atoms with van der Waals surface area (Å²) < 4.78 is 13.0. The summed E-state index contributed by atoms with van der Waals surface area (Å²) in [6, 6.07) is 9.82. The number of nitrogens with one attached hydrogen (secondary N) is 2. The van der Waals surface area contributed by atoms with Crippen molar-refractivity contribution in [1.82, 2.24) is 20.4 Å². The Morgan fingerprint density at radius 3 is 2.87 bits per heavy atom. The summed E-state index contributed by atoms with van der Waals surface area (Å²) in [4.78, 5) is 4.32. The molecule has 166 valence electrons. The van der Waals surface area contributed by atoms with Crippen molar-refractivity contribution in [3.05, 3.63) is 53.3 Å². The van der Waals surface area contributed by atoms with Crippen LogP contribution in [0, 0.1) is 5.92 Å². The average Bonchev–Trinajstić information content (AvgIpc) is 3.44. The fourth-order valence-electron chi connectivity index (χ4n) is 3.27. The van der Waals surface area contributed by atoms with Crippen molar-refractivity contribution < 1.29 is 9.47 Å². The van der Waals surface area contributed by atoms with Gasteiger partial charge in [-0.2, -0.15) is 5.10 Å². The van der Waals surface area contributed by atoms with E-state index < -0.39 is 0 Å². The number of hydrogen-bond acceptors (Lipinski definition) is 4. The summed E-state index contributed by atoms with van der Waals surface area (Å²) in [5.41, 5.74) is 1.13. The number of benzene rings is 1. The highest BCUT2D eigenvalue weighted by atomic mass is 127. The van der Waals surface area contributed by atoms with E-state index >= 15 is 0 Å². The van der Waals surface area contributed by atoms with Gasteiger partial charge >= 0.3 is 0 Å². The van der Waals surface area contributed by atoms with E-state index in [1.807, 2.05) is 41.2 Å². The molecule has 0 spiro atoms. The third-order valence-corrected chi connectivity index (χ3v) is 5.17. The number of aliphatic imine (C=N–C) groups is 1. The molecule has 1 saturated heterocycles. The lowest BCUT2D eigenvalue weighted by Gasteiger charge is -2.20. The molecule has 0 radical (unpaired) electrons. The zero-order chi connectivity index (χ0) is 20.3. The molecule has 1 aliphatic rings. The standard InChI is InChI=1S/C21H30ClN5O2.HI/c1-23-21(24-9-3-12-28-15-17-8-13-29-16-17)25-14-20(27-11-2-10-26-27)18-4-6-19(22)7-5-18;/h2,4-7,10-11,17,20H,3,8-9,12-16H2,1H3,(H2,23,24,25);1H. The lowest BCUT2D eigenvalue weighted by atomic mass is 10.1. The van der Waals surface area contributed by atoms with Crippen molar-refractivity contribution in [2.75, 3.05) is 46.6 Å². The molecule has 2 unspecified atom stereocenters. The van der Waals surface area contributed by atoms with Gasteiger partial charge in [-0.3, -0.25) is 9.67 Å². The first-order valence-corrected chi connectivity index (χ1v) is 10.5. The predicted octanol–water partition coefficient (Wildman–Crippen LogP) is 3.35. The Balaban J connectivity index is 0.00000320. The van der Waals surface area contributed by atoms with Crippen LogP contribution in [-0.4, -0.2) is 62.3 Å². The van der Waals surface area contributed by atoms with Crippen LogP contribution in [0.4, 0.5) is 0 Å². The first kappa shape index (κ1) is 24.9. The van der Waals surface area contributed by atoms with Crippen molar-refractivity contribution >= 4 is 41.5 Å². The van der Waals surface area contributed by atoms with E-state index in [1.165, 1.54) is 0 Å². The van der Waals surface area contributed by atoms with Gasteiger partial charge in [-0.25, -0.2) is 0 Å². The first-order valence-electron chi connectivity index (χ1n) is 10.1. The highest BCUT2D eigenvalue weighted by Gasteiger charge is 2.16. The van der Waals surface area contributed by atoms with Crippen LogP contribution in [0.1, 0.15) is 24.4 Å². The number of guanidine groups is 1. The topological polar surface area (TPSA) is 72.7 Å². The second-order valence-corrected chi connectivity index (χ2v) is 7.53. The van der Waals surface area contributed by atoms with Crippen LogP contribution in [0.2, 0.25) is 5.02 Å². The van der Waals surface area contributed by atoms with E-state index in [9.17, 15) is 0 Å². The molecule has 1 aliphatic heterocycles. The van der Waals surface area contributed by atoms with E-state index in [-0.39, 0.29) is 30.0 Å². The summed E-state index contributed by atoms with van der Waals surface area (Å²) in [6.07, 6.45) is 5.78. The maximum absolute atomic E-state index is 6.04. The minimum absolute atomic E-state index is 0. The van der Waals surface area contributed by atoms with Gasteiger partial charge in [-0.05, 0) is 36.6 Å². The van der Waals surface area contributed by atoms with Gasteiger partial charge in [0, 0.05) is 56.7 Å². The third kappa shape index (κ3) is 8.05. The van der Waals surface area contributed by atoms with Crippen LogP contribution in [0.5, 0.6) is 0 Å². The molecule has 2 heterocycles. The molecule has 1 aromatic heterocycles. The first-order chi connectivity index (χ1) is 14.3. The van der Waals surface area contributed by atoms with Gasteiger partial charge < -0.3 is 20.1 Å². The maximum atomic E-state index is 6.04. The van der Waals surface area contributed by atoms with Gasteiger partial charge in [-0.15, -0.1) is 24.0 Å². The summed E-state index contributed by atoms with van der Waals surface area (Å²) >= 11 is 6.04. The van der Waals surface area contributed by atoms with E-state index in [4.69, 9.17) is 21.1 Å². The second kappa shape index (κ2) is 13.8. The monoisotopic (exact) mass is 547 g/mol. The van der Waals surface area contributed by atoms with Crippen molar-refractivity contribution in [2.24, 2.45) is 10.9 Å². The summed E-state index contributed by atoms with van der Waals surface area (Å²) in [5, 5.41) is 11.9. The Hall–Kier alpha value is -1.36. The van der Waals surface area contributed by atoms with Crippen LogP contribution >= 0.6 is 35.6 Å². The molecule has 1 aromatic carbocycles. The van der Waals surface area contributed by atoms with Crippen LogP contribution in [0.3, 0.4) is 0 Å². The van der Waals surface area contributed by atoms with Crippen LogP contribution in [-0.2, 0) is 9.47 Å². The molecule has 9 heteroatoms. The predicted molar refractivity (Wildman–Crippen MR) is 131 cm³/mol. The Labute approximate surface area is 200 Å². The number of halogens is 2. The zero-order valence-corrected chi connectivity index (χ0v) is 20.4. The molecular formula is C21H31ClIN5O2. The molecule has 2 N–H and O–H groups in total. The highest BCUT2D eigenvalue weighted by molar-refractivity contribution is 14.0. The zero-order valence-electron chi connectivity index (χ0n) is 17.3. The number of rotatable bonds is 10. The minimum atomic E-state index is 0. The molecule has 1 fully saturated rings. The number of hydrogen-bond donors (Lipinski definition) is 2. The van der Waals surface area contributed by atoms with Crippen molar-refractivity contribution in [3.8, 4) is 0 Å². The molecule has 0 aliphatic carbocycles. The highest BCUT2D eigenvalue weighted by Crippen LogP contribution is 2.19. The number of ether oxygens (including phenoxy) is 2. The minimum Gasteiger partial charge on any atom is -0.381 e. The molecule has 0 amide bonds. The largest absolute Gasteiger partial charge is 0.381 e. The van der Waals surface area contributed by atoms with Crippen molar-refractivity contribution in [2.45, 2.75) is 18.9 Å². The molecular weight excluding hydrogens is 517 g/mol. The van der Waals surface area contributed by atoms with Crippen molar-refractivity contribution in [3.63, 3.8) is 0 Å². The van der Waals surface area contributed by atoms with Crippen LogP contribution < -0.4 is 10.6 Å². The molecule has 0 bridgehead atoms. The lowest BCUT2D eigenvalue weighted by Crippen LogP contribution is -2.41. The van der Waals surface area contributed by atoms with E-state index in [0.717, 1.165) is 62.4 Å². The molecule has 2 atom stereocenters. The fraction of sp³-hybridized carbons (Fsp3) is 0.524. The van der Waals surface area contributed by atoms with E-state index in [2.05, 4.69) is 20.7 Å². The fourth-order valence-corrected chi connectivity index (χ4v) is 3.40. The SMILES string of the molecule is CN=C(NCCCOCC1CCOC1)NCC(c1ccc(Cl)cc1)n1cccn1.I. The van der Waals surface area contributed by atoms with Gasteiger partial charge in [0.2, 0.25) is 0 Å². The normalized spacial score (nSPS) is 17.4. The quantitative estimate of drug-likeness (QED) is 0.207. The number of aromatic nitrogens is 2. The van der Waals surface area contributed by atoms with Crippen molar-refractivity contribution in [1.29, 1.82) is 0 Å². The lowest BCUT2D eigenvalue weighted by molar-refractivity contribution is 0.0888. The summed E-state index contributed by atoms with van der Waals surface area (Å²) in [5.74, 6) is 1.32. The number of nitrogens with zero attached hydrogens (tertiary/aromatic N) is 3. The maximum Gasteiger partial charge on any atom is 0.191 e. The second-order valence-electron chi connectivity index (χ2n) is 7.09. The van der Waals surface area contributed by atoms with E-state index in [1.54, 1.807) is 13.2 Å². The summed E-state index contributed by atoms with van der Waals surface area (Å²) in [6.45, 7) is 4.68. The molecule has 3 rings (SSSR count). The Kier molecular flexibility index (Phi) is 11.5. The van der Waals surface area contributed by atoms with Gasteiger partial charge in [0.05, 0.1) is 19.3 Å². The Morgan fingerprint density at radius 1 is 1.37 bits per heavy atom. The smallest absolute Gasteiger partial charge is 0.191 e. The van der Waals surface area contributed by atoms with Gasteiger partial charge in [0.15, 0.2) is 5.96 Å². The average molecular weight is 548 g/mol. The molecule has 2 aromatic rings. The van der Waals surface area contributed by atoms with Gasteiger partial charge in [0.25, 0.3) is 0 Å². The molecule has 0 saturated carbocycles. The van der Waals surface area contributed by atoms with Gasteiger partial charge in [0.1, 0.15) is 0 Å². The Bertz CT molecular complexity index is 736. The van der Waals surface area contributed by atoms with Crippen LogP contribution in [0.25, 0.3) is 0 Å². The third-order valence-electron chi connectivity index (χ3n) is 4.92. The molecule has 30 heavy (non-hydrogen) atoms. The van der Waals surface area contributed by atoms with Crippen LogP contribution in [0.15, 0.2) is 47.7 Å². The van der Waals surface area contributed by atoms with E-state index in [0.29, 0.717) is 12.5 Å². The molecule has 7 nitrogen and oxygen atoms in total.